The van der Waals surface area contributed by atoms with Crippen molar-refractivity contribution in [2.24, 2.45) is 16.5 Å². The van der Waals surface area contributed by atoms with Crippen molar-refractivity contribution >= 4 is 23.9 Å². The van der Waals surface area contributed by atoms with Crippen molar-refractivity contribution in [3.63, 3.8) is 0 Å². The molecule has 0 radical (unpaired) electrons. The van der Waals surface area contributed by atoms with E-state index < -0.39 is 41.2 Å². The van der Waals surface area contributed by atoms with E-state index in [4.69, 9.17) is 20.9 Å². The molecule has 1 rings (SSSR count). The number of hydrazine groups is 1. The molecule has 0 saturated carbocycles. The van der Waals surface area contributed by atoms with Crippen molar-refractivity contribution in [2.45, 2.75) is 51.9 Å². The number of nitrogens with two attached hydrogens (primary N) is 2. The molecule has 1 aromatic rings. The Morgan fingerprint density at radius 2 is 1.85 bits per heavy atom. The highest BCUT2D eigenvalue weighted by Gasteiger charge is 2.41. The van der Waals surface area contributed by atoms with Crippen LogP contribution in [0.15, 0.2) is 35.3 Å². The molecule has 0 bridgehead atoms. The second kappa shape index (κ2) is 12.8. The Bertz CT molecular complexity index is 850. The summed E-state index contributed by atoms with van der Waals surface area (Å²) in [4.78, 5) is 52.5. The van der Waals surface area contributed by atoms with Crippen LogP contribution in [0.5, 0.6) is 0 Å². The largest absolute Gasteiger partial charge is 0.469 e. The number of nitrogens with zero attached hydrogens (tertiary/aromatic N) is 3. The number of esters is 1. The summed E-state index contributed by atoms with van der Waals surface area (Å²) in [5.74, 6) is -1.87. The van der Waals surface area contributed by atoms with Crippen molar-refractivity contribution in [3.05, 3.63) is 46.0 Å². The Morgan fingerprint density at radius 1 is 1.21 bits per heavy atom. The van der Waals surface area contributed by atoms with Crippen LogP contribution in [0.25, 0.3) is 0 Å². The first kappa shape index (κ1) is 27.1. The molecule has 0 fully saturated rings. The lowest BCUT2D eigenvalue weighted by Gasteiger charge is -2.25. The number of ether oxygens (including phenoxy) is 2. The Kier molecular flexibility index (Phi) is 10.6. The second-order valence-corrected chi connectivity index (χ2v) is 7.89. The lowest BCUT2D eigenvalue weighted by atomic mass is 10.1. The minimum atomic E-state index is -1.58. The Labute approximate surface area is 191 Å². The van der Waals surface area contributed by atoms with Gasteiger partial charge in [-0.05, 0) is 44.2 Å². The number of benzene rings is 1. The second-order valence-electron chi connectivity index (χ2n) is 7.89. The van der Waals surface area contributed by atoms with Crippen molar-refractivity contribution in [1.29, 1.82) is 0 Å². The van der Waals surface area contributed by atoms with Crippen LogP contribution in [0.1, 0.15) is 39.2 Å². The molecule has 33 heavy (non-hydrogen) atoms. The van der Waals surface area contributed by atoms with Gasteiger partial charge in [0.1, 0.15) is 18.8 Å². The molecule has 0 saturated heterocycles. The summed E-state index contributed by atoms with van der Waals surface area (Å²) in [6.07, 6.45) is -1.34. The first-order valence-electron chi connectivity index (χ1n) is 10.1. The normalized spacial score (nSPS) is 11.6. The summed E-state index contributed by atoms with van der Waals surface area (Å²) in [6.45, 7) is 4.11. The van der Waals surface area contributed by atoms with E-state index in [0.29, 0.717) is 0 Å². The molecule has 0 spiro atoms. The molecule has 0 aliphatic heterocycles. The SMILES string of the molecule is CC(C)(C)OC(=O)N(C(CCCN=C(N)N)C(=O)NCC(=O)OCc1ccccc1)[N+](=O)[O-]. The molecule has 2 amide bonds. The number of hydrogen-bond acceptors (Lipinski definition) is 8. The van der Waals surface area contributed by atoms with Gasteiger partial charge in [-0.2, -0.15) is 0 Å². The van der Waals surface area contributed by atoms with E-state index in [-0.39, 0.29) is 37.0 Å². The molecule has 0 aromatic heterocycles. The maximum atomic E-state index is 12.7. The van der Waals surface area contributed by atoms with Gasteiger partial charge in [-0.25, -0.2) is 14.9 Å². The number of nitrogens with one attached hydrogen (secondary N) is 1. The Balaban J connectivity index is 2.85. The molecule has 0 aliphatic carbocycles. The zero-order valence-electron chi connectivity index (χ0n) is 18.9. The molecule has 182 valence electrons. The molecule has 5 N–H and O–H groups in total. The third-order valence-electron chi connectivity index (χ3n) is 3.93. The topological polar surface area (TPSA) is 192 Å². The van der Waals surface area contributed by atoms with E-state index in [1.165, 1.54) is 20.8 Å². The first-order chi connectivity index (χ1) is 15.4. The fraction of sp³-hybridized carbons (Fsp3) is 0.500. The third kappa shape index (κ3) is 10.8. The number of carbonyl (C=O) groups is 3. The maximum absolute atomic E-state index is 12.7. The quantitative estimate of drug-likeness (QED) is 0.105. The predicted octanol–water partition coefficient (Wildman–Crippen LogP) is 0.697. The van der Waals surface area contributed by atoms with Crippen molar-refractivity contribution in [1.82, 2.24) is 10.3 Å². The summed E-state index contributed by atoms with van der Waals surface area (Å²) >= 11 is 0. The van der Waals surface area contributed by atoms with Crippen molar-refractivity contribution in [3.8, 4) is 0 Å². The lowest BCUT2D eigenvalue weighted by Crippen LogP contribution is -2.54. The fourth-order valence-corrected chi connectivity index (χ4v) is 2.54. The van der Waals surface area contributed by atoms with Crippen LogP contribution in [-0.2, 0) is 25.7 Å². The molecule has 13 nitrogen and oxygen atoms in total. The van der Waals surface area contributed by atoms with E-state index in [2.05, 4.69) is 10.3 Å². The van der Waals surface area contributed by atoms with Gasteiger partial charge in [0.25, 0.3) is 0 Å². The van der Waals surface area contributed by atoms with E-state index in [0.717, 1.165) is 5.56 Å². The summed E-state index contributed by atoms with van der Waals surface area (Å²) in [6, 6.07) is 7.31. The fourth-order valence-electron chi connectivity index (χ4n) is 2.54. The molecular weight excluding hydrogens is 436 g/mol. The number of nitro groups is 1. The number of carbonyl (C=O) groups excluding carboxylic acids is 3. The van der Waals surface area contributed by atoms with Crippen LogP contribution in [0.2, 0.25) is 0 Å². The van der Waals surface area contributed by atoms with E-state index in [9.17, 15) is 24.5 Å². The van der Waals surface area contributed by atoms with Crippen LogP contribution in [-0.4, -0.2) is 58.7 Å². The number of hydrogen-bond donors (Lipinski definition) is 3. The Hall–Kier alpha value is -3.90. The van der Waals surface area contributed by atoms with Gasteiger partial charge in [0, 0.05) is 6.54 Å². The average Bonchev–Trinajstić information content (AvgIpc) is 2.71. The summed E-state index contributed by atoms with van der Waals surface area (Å²) < 4.78 is 10.1. The number of rotatable bonds is 11. The molecular formula is C20H30N6O7. The minimum Gasteiger partial charge on any atom is -0.460 e. The number of aliphatic imine (C=N–C) groups is 1. The van der Waals surface area contributed by atoms with Crippen molar-refractivity contribution in [2.75, 3.05) is 13.1 Å². The van der Waals surface area contributed by atoms with Crippen LogP contribution in [0, 0.1) is 10.1 Å². The first-order valence-corrected chi connectivity index (χ1v) is 10.1. The molecule has 0 heterocycles. The molecule has 1 atom stereocenters. The number of guanidine groups is 1. The molecule has 1 unspecified atom stereocenters. The summed E-state index contributed by atoms with van der Waals surface area (Å²) in [5, 5.41) is 12.9. The van der Waals surface area contributed by atoms with Gasteiger partial charge in [-0.1, -0.05) is 30.3 Å². The zero-order chi connectivity index (χ0) is 25.0. The van der Waals surface area contributed by atoms with Crippen LogP contribution in [0.4, 0.5) is 4.79 Å². The third-order valence-corrected chi connectivity index (χ3v) is 3.93. The Morgan fingerprint density at radius 3 is 2.39 bits per heavy atom. The maximum Gasteiger partial charge on any atom is 0.469 e. The number of amides is 2. The average molecular weight is 466 g/mol. The molecule has 0 aliphatic rings. The highest BCUT2D eigenvalue weighted by Crippen LogP contribution is 2.15. The standard InChI is InChI=1S/C20H30N6O7/c1-20(2,3)33-19(29)25(26(30)31)15(10-7-11-23-18(21)22)17(28)24-12-16(27)32-13-14-8-5-4-6-9-14/h4-6,8-9,15H,7,10-13H2,1-3H3,(H,24,28)(H4,21,22,23). The van der Waals surface area contributed by atoms with E-state index >= 15 is 0 Å². The molecule has 1 aromatic carbocycles. The highest BCUT2D eigenvalue weighted by molar-refractivity contribution is 5.88. The smallest absolute Gasteiger partial charge is 0.460 e. The van der Waals surface area contributed by atoms with E-state index in [1.54, 1.807) is 24.3 Å². The van der Waals surface area contributed by atoms with Gasteiger partial charge < -0.3 is 26.3 Å². The van der Waals surface area contributed by atoms with Gasteiger partial charge in [0.15, 0.2) is 17.0 Å². The summed E-state index contributed by atoms with van der Waals surface area (Å²) in [5.41, 5.74) is 10.2. The van der Waals surface area contributed by atoms with E-state index in [1.807, 2.05) is 6.07 Å². The van der Waals surface area contributed by atoms with Gasteiger partial charge >= 0.3 is 12.1 Å². The van der Waals surface area contributed by atoms with Crippen LogP contribution in [0.3, 0.4) is 0 Å². The minimum absolute atomic E-state index is 0.00355. The van der Waals surface area contributed by atoms with Gasteiger partial charge in [0.2, 0.25) is 5.91 Å². The molecule has 13 heteroatoms. The van der Waals surface area contributed by atoms with Crippen LogP contribution < -0.4 is 16.8 Å². The van der Waals surface area contributed by atoms with Crippen molar-refractivity contribution < 1.29 is 28.9 Å². The van der Waals surface area contributed by atoms with Gasteiger partial charge in [-0.15, -0.1) is 0 Å². The van der Waals surface area contributed by atoms with Crippen LogP contribution >= 0.6 is 0 Å². The van der Waals surface area contributed by atoms with Gasteiger partial charge in [-0.3, -0.25) is 14.6 Å². The monoisotopic (exact) mass is 466 g/mol. The predicted molar refractivity (Wildman–Crippen MR) is 118 cm³/mol. The lowest BCUT2D eigenvalue weighted by molar-refractivity contribution is -0.641. The zero-order valence-corrected chi connectivity index (χ0v) is 18.9. The summed E-state index contributed by atoms with van der Waals surface area (Å²) in [7, 11) is 0. The van der Waals surface area contributed by atoms with Gasteiger partial charge in [0.05, 0.1) is 0 Å². The highest BCUT2D eigenvalue weighted by atomic mass is 16.7.